The Hall–Kier alpha value is -1.55. The smallest absolute Gasteiger partial charge is 0.251 e. The molecule has 23 heavy (non-hydrogen) atoms. The van der Waals surface area contributed by atoms with E-state index in [1.807, 2.05) is 19.1 Å². The van der Waals surface area contributed by atoms with Gasteiger partial charge in [-0.1, -0.05) is 26.8 Å². The highest BCUT2D eigenvalue weighted by Crippen LogP contribution is 2.21. The highest BCUT2D eigenvalue weighted by molar-refractivity contribution is 5.96. The lowest BCUT2D eigenvalue weighted by Gasteiger charge is -2.39. The van der Waals surface area contributed by atoms with Crippen molar-refractivity contribution in [1.29, 1.82) is 0 Å². The first kappa shape index (κ1) is 17.8. The number of likely N-dealkylation sites (tertiary alicyclic amines) is 1. The fourth-order valence-corrected chi connectivity index (χ4v) is 3.32. The van der Waals surface area contributed by atoms with Crippen molar-refractivity contribution in [2.75, 3.05) is 25.4 Å². The standard InChI is InChI=1S/C19H31N3O/c1-13(2)18(22-9-7-14(3)8-10-22)12-21-19(23)17-11-16(20)6-5-15(17)4/h5-6,11,13-14,18H,7-10,12,20H2,1-4H3,(H,21,23). The van der Waals surface area contributed by atoms with Gasteiger partial charge in [0.05, 0.1) is 0 Å². The number of anilines is 1. The van der Waals surface area contributed by atoms with Crippen LogP contribution in [0.25, 0.3) is 0 Å². The molecule has 1 aromatic rings. The fourth-order valence-electron chi connectivity index (χ4n) is 3.32. The van der Waals surface area contributed by atoms with Gasteiger partial charge >= 0.3 is 0 Å². The first-order valence-corrected chi connectivity index (χ1v) is 8.77. The van der Waals surface area contributed by atoms with Crippen molar-refractivity contribution in [2.45, 2.75) is 46.6 Å². The number of carbonyl (C=O) groups is 1. The molecule has 1 atom stereocenters. The molecule has 1 aromatic carbocycles. The number of nitrogens with one attached hydrogen (secondary N) is 1. The minimum absolute atomic E-state index is 0.0224. The van der Waals surface area contributed by atoms with Crippen LogP contribution in [0.15, 0.2) is 18.2 Å². The molecule has 2 rings (SSSR count). The van der Waals surface area contributed by atoms with Gasteiger partial charge < -0.3 is 11.1 Å². The van der Waals surface area contributed by atoms with Gasteiger partial charge in [-0.2, -0.15) is 0 Å². The Bertz CT molecular complexity index is 533. The second kappa shape index (κ2) is 7.82. The largest absolute Gasteiger partial charge is 0.399 e. The number of nitrogens with zero attached hydrogens (tertiary/aromatic N) is 1. The SMILES string of the molecule is Cc1ccc(N)cc1C(=O)NCC(C(C)C)N1CCC(C)CC1. The second-order valence-electron chi connectivity index (χ2n) is 7.31. The molecule has 0 saturated carbocycles. The molecule has 0 bridgehead atoms. The molecule has 1 aliphatic heterocycles. The van der Waals surface area contributed by atoms with Crippen molar-refractivity contribution in [3.8, 4) is 0 Å². The van der Waals surface area contributed by atoms with Crippen LogP contribution in [0.5, 0.6) is 0 Å². The monoisotopic (exact) mass is 317 g/mol. The molecule has 0 spiro atoms. The Morgan fingerprint density at radius 3 is 2.61 bits per heavy atom. The summed E-state index contributed by atoms with van der Waals surface area (Å²) in [4.78, 5) is 15.0. The van der Waals surface area contributed by atoms with Crippen molar-refractivity contribution in [2.24, 2.45) is 11.8 Å². The van der Waals surface area contributed by atoms with Crippen molar-refractivity contribution >= 4 is 11.6 Å². The molecule has 1 saturated heterocycles. The van der Waals surface area contributed by atoms with Gasteiger partial charge in [0.1, 0.15) is 0 Å². The maximum atomic E-state index is 12.5. The molecular weight excluding hydrogens is 286 g/mol. The summed E-state index contributed by atoms with van der Waals surface area (Å²) in [5.74, 6) is 1.32. The summed E-state index contributed by atoms with van der Waals surface area (Å²) in [6.07, 6.45) is 2.51. The molecule has 0 aromatic heterocycles. The Balaban J connectivity index is 1.98. The summed E-state index contributed by atoms with van der Waals surface area (Å²) in [6, 6.07) is 5.89. The molecule has 0 aliphatic carbocycles. The predicted octanol–water partition coefficient (Wildman–Crippen LogP) is 3.06. The quantitative estimate of drug-likeness (QED) is 0.821. The molecule has 1 unspecified atom stereocenters. The van der Waals surface area contributed by atoms with E-state index in [1.165, 1.54) is 12.8 Å². The molecule has 128 valence electrons. The van der Waals surface area contributed by atoms with Crippen LogP contribution in [-0.4, -0.2) is 36.5 Å². The van der Waals surface area contributed by atoms with Gasteiger partial charge in [-0.25, -0.2) is 0 Å². The number of carbonyl (C=O) groups excluding carboxylic acids is 1. The summed E-state index contributed by atoms with van der Waals surface area (Å²) in [6.45, 7) is 11.7. The number of hydrogen-bond acceptors (Lipinski definition) is 3. The Kier molecular flexibility index (Phi) is 6.05. The van der Waals surface area contributed by atoms with E-state index < -0.39 is 0 Å². The number of nitrogen functional groups attached to an aromatic ring is 1. The van der Waals surface area contributed by atoms with Gasteiger partial charge in [-0.05, 0) is 62.4 Å². The van der Waals surface area contributed by atoms with Crippen molar-refractivity contribution < 1.29 is 4.79 Å². The van der Waals surface area contributed by atoms with E-state index in [9.17, 15) is 4.79 Å². The Morgan fingerprint density at radius 2 is 2.00 bits per heavy atom. The summed E-state index contributed by atoms with van der Waals surface area (Å²) in [5.41, 5.74) is 8.08. The van der Waals surface area contributed by atoms with Gasteiger partial charge in [-0.3, -0.25) is 9.69 Å². The minimum Gasteiger partial charge on any atom is -0.399 e. The van der Waals surface area contributed by atoms with Crippen LogP contribution in [0.1, 0.15) is 49.5 Å². The average Bonchev–Trinajstić information content (AvgIpc) is 2.51. The van der Waals surface area contributed by atoms with Gasteiger partial charge in [0, 0.05) is 23.8 Å². The Morgan fingerprint density at radius 1 is 1.35 bits per heavy atom. The second-order valence-corrected chi connectivity index (χ2v) is 7.31. The highest BCUT2D eigenvalue weighted by Gasteiger charge is 2.26. The molecule has 1 aliphatic rings. The highest BCUT2D eigenvalue weighted by atomic mass is 16.1. The minimum atomic E-state index is -0.0224. The summed E-state index contributed by atoms with van der Waals surface area (Å²) < 4.78 is 0. The van der Waals surface area contributed by atoms with E-state index >= 15 is 0 Å². The molecule has 1 amide bonds. The van der Waals surface area contributed by atoms with Crippen LogP contribution in [0.3, 0.4) is 0 Å². The van der Waals surface area contributed by atoms with Gasteiger partial charge in [0.2, 0.25) is 0 Å². The third-order valence-corrected chi connectivity index (χ3v) is 5.03. The van der Waals surface area contributed by atoms with Crippen LogP contribution in [-0.2, 0) is 0 Å². The van der Waals surface area contributed by atoms with Crippen molar-refractivity contribution in [3.05, 3.63) is 29.3 Å². The molecule has 4 nitrogen and oxygen atoms in total. The normalized spacial score (nSPS) is 18.1. The van der Waals surface area contributed by atoms with E-state index in [0.29, 0.717) is 29.8 Å². The van der Waals surface area contributed by atoms with Crippen molar-refractivity contribution in [1.82, 2.24) is 10.2 Å². The third-order valence-electron chi connectivity index (χ3n) is 5.03. The lowest BCUT2D eigenvalue weighted by molar-refractivity contribution is 0.0862. The van der Waals surface area contributed by atoms with Crippen LogP contribution in [0, 0.1) is 18.8 Å². The van der Waals surface area contributed by atoms with E-state index in [4.69, 9.17) is 5.73 Å². The van der Waals surface area contributed by atoms with Gasteiger partial charge in [-0.15, -0.1) is 0 Å². The maximum absolute atomic E-state index is 12.5. The van der Waals surface area contributed by atoms with Crippen LogP contribution >= 0.6 is 0 Å². The number of aryl methyl sites for hydroxylation is 1. The first-order valence-electron chi connectivity index (χ1n) is 8.77. The summed E-state index contributed by atoms with van der Waals surface area (Å²) in [7, 11) is 0. The Labute approximate surface area is 140 Å². The number of nitrogens with two attached hydrogens (primary N) is 1. The maximum Gasteiger partial charge on any atom is 0.251 e. The molecule has 4 heteroatoms. The molecule has 3 N–H and O–H groups in total. The van der Waals surface area contributed by atoms with E-state index in [-0.39, 0.29) is 5.91 Å². The predicted molar refractivity (Wildman–Crippen MR) is 96.5 cm³/mol. The molecular formula is C19H31N3O. The van der Waals surface area contributed by atoms with E-state index in [2.05, 4.69) is 31.0 Å². The average molecular weight is 317 g/mol. The van der Waals surface area contributed by atoms with Crippen molar-refractivity contribution in [3.63, 3.8) is 0 Å². The van der Waals surface area contributed by atoms with Gasteiger partial charge in [0.25, 0.3) is 5.91 Å². The molecule has 1 heterocycles. The lowest BCUT2D eigenvalue weighted by Crippen LogP contribution is -2.49. The number of rotatable bonds is 5. The number of hydrogen-bond donors (Lipinski definition) is 2. The number of benzene rings is 1. The number of piperidine rings is 1. The van der Waals surface area contributed by atoms with E-state index in [0.717, 1.165) is 24.6 Å². The lowest BCUT2D eigenvalue weighted by atomic mass is 9.94. The molecule has 0 radical (unpaired) electrons. The topological polar surface area (TPSA) is 58.4 Å². The zero-order valence-corrected chi connectivity index (χ0v) is 14.9. The van der Waals surface area contributed by atoms with Gasteiger partial charge in [0.15, 0.2) is 0 Å². The molecule has 1 fully saturated rings. The third kappa shape index (κ3) is 4.71. The fraction of sp³-hybridized carbons (Fsp3) is 0.632. The summed E-state index contributed by atoms with van der Waals surface area (Å²) in [5, 5.41) is 3.12. The van der Waals surface area contributed by atoms with Crippen LogP contribution in [0.4, 0.5) is 5.69 Å². The summed E-state index contributed by atoms with van der Waals surface area (Å²) >= 11 is 0. The zero-order valence-electron chi connectivity index (χ0n) is 14.9. The first-order chi connectivity index (χ1) is 10.9. The van der Waals surface area contributed by atoms with E-state index in [1.54, 1.807) is 6.07 Å². The number of amides is 1. The van der Waals surface area contributed by atoms with Crippen LogP contribution < -0.4 is 11.1 Å². The zero-order chi connectivity index (χ0) is 17.0. The van der Waals surface area contributed by atoms with Crippen LogP contribution in [0.2, 0.25) is 0 Å².